The molecule has 0 bridgehead atoms. The van der Waals surface area contributed by atoms with Crippen LogP contribution in [0.25, 0.3) is 0 Å². The number of carbonyl (C=O) groups excluding carboxylic acids is 1. The van der Waals surface area contributed by atoms with Gasteiger partial charge in [0.2, 0.25) is 0 Å². The first-order chi connectivity index (χ1) is 8.81. The number of nitrogens with zero attached hydrogens (tertiary/aromatic N) is 1. The summed E-state index contributed by atoms with van der Waals surface area (Å²) in [4.78, 5) is 15.5. The largest absolute Gasteiger partial charge is 0.461 e. The minimum absolute atomic E-state index is 0.285. The van der Waals surface area contributed by atoms with Gasteiger partial charge in [0, 0.05) is 6.42 Å². The highest BCUT2D eigenvalue weighted by Crippen LogP contribution is 2.12. The molecule has 0 fully saturated rings. The second-order valence-corrected chi connectivity index (χ2v) is 3.83. The molecule has 2 aromatic rings. The van der Waals surface area contributed by atoms with Gasteiger partial charge in [0.05, 0.1) is 6.61 Å². The minimum atomic E-state index is -0.422. The first kappa shape index (κ1) is 12.4. The number of esters is 1. The molecule has 0 saturated carbocycles. The predicted octanol–water partition coefficient (Wildman–Crippen LogP) is 2.64. The van der Waals surface area contributed by atoms with Gasteiger partial charge >= 0.3 is 5.97 Å². The number of hydrogen-bond donors (Lipinski definition) is 0. The molecular weight excluding hydrogens is 230 g/mol. The SMILES string of the molecule is CCOC(=O)c1ncoc1CCc1ccccc1. The summed E-state index contributed by atoms with van der Waals surface area (Å²) < 4.78 is 10.2. The Bertz CT molecular complexity index is 505. The van der Waals surface area contributed by atoms with E-state index in [0.29, 0.717) is 18.8 Å². The molecule has 0 amide bonds. The Morgan fingerprint density at radius 2 is 2.06 bits per heavy atom. The van der Waals surface area contributed by atoms with Gasteiger partial charge in [0.25, 0.3) is 0 Å². The molecule has 0 radical (unpaired) electrons. The van der Waals surface area contributed by atoms with Crippen molar-refractivity contribution in [3.8, 4) is 0 Å². The number of hydrogen-bond acceptors (Lipinski definition) is 4. The maximum absolute atomic E-state index is 11.6. The van der Waals surface area contributed by atoms with Crippen LogP contribution in [-0.4, -0.2) is 17.6 Å². The molecule has 18 heavy (non-hydrogen) atoms. The zero-order chi connectivity index (χ0) is 12.8. The third-order valence-corrected chi connectivity index (χ3v) is 2.59. The van der Waals surface area contributed by atoms with Gasteiger partial charge in [0.1, 0.15) is 5.76 Å². The number of aryl methyl sites for hydroxylation is 2. The van der Waals surface area contributed by atoms with E-state index in [4.69, 9.17) is 9.15 Å². The predicted molar refractivity (Wildman–Crippen MR) is 66.3 cm³/mol. The van der Waals surface area contributed by atoms with E-state index < -0.39 is 5.97 Å². The van der Waals surface area contributed by atoms with Crippen LogP contribution in [0.15, 0.2) is 41.1 Å². The van der Waals surface area contributed by atoms with Crippen LogP contribution in [0, 0.1) is 0 Å². The van der Waals surface area contributed by atoms with Gasteiger partial charge in [-0.3, -0.25) is 0 Å². The summed E-state index contributed by atoms with van der Waals surface area (Å²) in [5.41, 5.74) is 1.48. The monoisotopic (exact) mass is 245 g/mol. The van der Waals surface area contributed by atoms with Crippen LogP contribution in [0.1, 0.15) is 28.7 Å². The molecule has 0 aliphatic carbocycles. The Morgan fingerprint density at radius 3 is 2.78 bits per heavy atom. The van der Waals surface area contributed by atoms with E-state index in [1.165, 1.54) is 12.0 Å². The fourth-order valence-electron chi connectivity index (χ4n) is 1.72. The maximum atomic E-state index is 11.6. The summed E-state index contributed by atoms with van der Waals surface area (Å²) >= 11 is 0. The number of rotatable bonds is 5. The summed E-state index contributed by atoms with van der Waals surface area (Å²) in [6.45, 7) is 2.10. The lowest BCUT2D eigenvalue weighted by molar-refractivity contribution is 0.0517. The Labute approximate surface area is 106 Å². The molecule has 0 spiro atoms. The lowest BCUT2D eigenvalue weighted by Gasteiger charge is -2.01. The van der Waals surface area contributed by atoms with Crippen LogP contribution in [0.2, 0.25) is 0 Å². The minimum Gasteiger partial charge on any atom is -0.461 e. The molecule has 0 atom stereocenters. The van der Waals surface area contributed by atoms with Crippen molar-refractivity contribution < 1.29 is 13.9 Å². The standard InChI is InChI=1S/C14H15NO3/c1-2-17-14(16)13-12(18-10-15-13)9-8-11-6-4-3-5-7-11/h3-7,10H,2,8-9H2,1H3. The molecule has 0 saturated heterocycles. The van der Waals surface area contributed by atoms with Crippen molar-refractivity contribution in [3.05, 3.63) is 53.7 Å². The molecule has 4 heteroatoms. The first-order valence-corrected chi connectivity index (χ1v) is 5.94. The van der Waals surface area contributed by atoms with E-state index in [2.05, 4.69) is 4.98 Å². The van der Waals surface area contributed by atoms with Crippen molar-refractivity contribution in [1.82, 2.24) is 4.98 Å². The molecule has 0 aliphatic heterocycles. The number of ether oxygens (including phenoxy) is 1. The van der Waals surface area contributed by atoms with Crippen molar-refractivity contribution in [2.24, 2.45) is 0 Å². The molecule has 1 aromatic heterocycles. The Hall–Kier alpha value is -2.10. The number of oxazole rings is 1. The lowest BCUT2D eigenvalue weighted by Crippen LogP contribution is -2.08. The van der Waals surface area contributed by atoms with Crippen LogP contribution >= 0.6 is 0 Å². The second kappa shape index (κ2) is 6.00. The van der Waals surface area contributed by atoms with Gasteiger partial charge in [-0.25, -0.2) is 9.78 Å². The van der Waals surface area contributed by atoms with Gasteiger partial charge in [-0.05, 0) is 18.9 Å². The number of aromatic nitrogens is 1. The average Bonchev–Trinajstić information content (AvgIpc) is 2.86. The van der Waals surface area contributed by atoms with Gasteiger partial charge < -0.3 is 9.15 Å². The molecule has 4 nitrogen and oxygen atoms in total. The van der Waals surface area contributed by atoms with Crippen LogP contribution in [-0.2, 0) is 17.6 Å². The smallest absolute Gasteiger partial charge is 0.360 e. The fourth-order valence-corrected chi connectivity index (χ4v) is 1.72. The van der Waals surface area contributed by atoms with E-state index in [9.17, 15) is 4.79 Å². The van der Waals surface area contributed by atoms with Gasteiger partial charge in [-0.1, -0.05) is 30.3 Å². The third-order valence-electron chi connectivity index (χ3n) is 2.59. The van der Waals surface area contributed by atoms with E-state index in [1.807, 2.05) is 30.3 Å². The summed E-state index contributed by atoms with van der Waals surface area (Å²) in [7, 11) is 0. The van der Waals surface area contributed by atoms with Crippen LogP contribution in [0.5, 0.6) is 0 Å². The highest BCUT2D eigenvalue weighted by molar-refractivity contribution is 5.88. The quantitative estimate of drug-likeness (QED) is 0.760. The fraction of sp³-hybridized carbons (Fsp3) is 0.286. The molecular formula is C14H15NO3. The van der Waals surface area contributed by atoms with E-state index in [-0.39, 0.29) is 5.69 Å². The second-order valence-electron chi connectivity index (χ2n) is 3.83. The molecule has 94 valence electrons. The zero-order valence-corrected chi connectivity index (χ0v) is 10.3. The first-order valence-electron chi connectivity index (χ1n) is 5.94. The van der Waals surface area contributed by atoms with Crippen LogP contribution in [0.3, 0.4) is 0 Å². The molecule has 0 N–H and O–H groups in total. The van der Waals surface area contributed by atoms with Gasteiger partial charge in [-0.15, -0.1) is 0 Å². The van der Waals surface area contributed by atoms with Crippen molar-refractivity contribution in [1.29, 1.82) is 0 Å². The van der Waals surface area contributed by atoms with Crippen LogP contribution < -0.4 is 0 Å². The zero-order valence-electron chi connectivity index (χ0n) is 10.3. The summed E-state index contributed by atoms with van der Waals surface area (Å²) in [6, 6.07) is 10.0. The number of carbonyl (C=O) groups is 1. The van der Waals surface area contributed by atoms with Crippen molar-refractivity contribution in [2.75, 3.05) is 6.61 Å². The average molecular weight is 245 g/mol. The highest BCUT2D eigenvalue weighted by atomic mass is 16.5. The highest BCUT2D eigenvalue weighted by Gasteiger charge is 2.17. The molecule has 2 rings (SSSR count). The summed E-state index contributed by atoms with van der Waals surface area (Å²) in [5.74, 6) is 0.159. The molecule has 0 aliphatic rings. The van der Waals surface area contributed by atoms with Crippen molar-refractivity contribution in [3.63, 3.8) is 0 Å². The van der Waals surface area contributed by atoms with E-state index in [1.54, 1.807) is 6.92 Å². The molecule has 1 aromatic carbocycles. The molecule has 0 unspecified atom stereocenters. The van der Waals surface area contributed by atoms with Crippen molar-refractivity contribution in [2.45, 2.75) is 19.8 Å². The summed E-state index contributed by atoms with van der Waals surface area (Å²) in [5, 5.41) is 0. The van der Waals surface area contributed by atoms with Gasteiger partial charge in [-0.2, -0.15) is 0 Å². The third kappa shape index (κ3) is 2.97. The van der Waals surface area contributed by atoms with Crippen molar-refractivity contribution >= 4 is 5.97 Å². The van der Waals surface area contributed by atoms with E-state index >= 15 is 0 Å². The van der Waals surface area contributed by atoms with E-state index in [0.717, 1.165) is 6.42 Å². The summed E-state index contributed by atoms with van der Waals surface area (Å²) in [6.07, 6.45) is 2.73. The van der Waals surface area contributed by atoms with Crippen LogP contribution in [0.4, 0.5) is 0 Å². The number of benzene rings is 1. The van der Waals surface area contributed by atoms with Gasteiger partial charge in [0.15, 0.2) is 12.1 Å². The lowest BCUT2D eigenvalue weighted by atomic mass is 10.1. The molecule has 1 heterocycles. The topological polar surface area (TPSA) is 52.3 Å². The Morgan fingerprint density at radius 1 is 1.28 bits per heavy atom. The Kier molecular flexibility index (Phi) is 4.12. The Balaban J connectivity index is 2.02. The normalized spacial score (nSPS) is 10.3. The maximum Gasteiger partial charge on any atom is 0.360 e.